The second-order valence-electron chi connectivity index (χ2n) is 2.97. The maximum atomic E-state index is 12.9. The van der Waals surface area contributed by atoms with E-state index in [1.807, 2.05) is 0 Å². The van der Waals surface area contributed by atoms with E-state index < -0.39 is 11.6 Å². The van der Waals surface area contributed by atoms with Crippen molar-refractivity contribution in [1.82, 2.24) is 0 Å². The smallest absolute Gasteiger partial charge is 0.165 e. The average molecular weight is 191 g/mol. The lowest BCUT2D eigenvalue weighted by Gasteiger charge is -2.04. The van der Waals surface area contributed by atoms with E-state index in [0.29, 0.717) is 16.8 Å². The van der Waals surface area contributed by atoms with Gasteiger partial charge in [-0.05, 0) is 35.9 Å². The van der Waals surface area contributed by atoms with Crippen LogP contribution in [0.3, 0.4) is 0 Å². The molecule has 3 heteroatoms. The van der Waals surface area contributed by atoms with E-state index >= 15 is 0 Å². The largest absolute Gasteiger partial charge is 0.398 e. The van der Waals surface area contributed by atoms with E-state index in [-0.39, 0.29) is 0 Å². The summed E-state index contributed by atoms with van der Waals surface area (Å²) in [4.78, 5) is 0. The Morgan fingerprint density at radius 3 is 2.71 bits per heavy atom. The number of nitrogens with two attached hydrogens (primary N) is 1. The predicted molar refractivity (Wildman–Crippen MR) is 52.4 cm³/mol. The van der Waals surface area contributed by atoms with Gasteiger partial charge >= 0.3 is 0 Å². The highest BCUT2D eigenvalue weighted by Crippen LogP contribution is 2.24. The third-order valence-corrected chi connectivity index (χ3v) is 1.97. The highest BCUT2D eigenvalue weighted by Gasteiger charge is 2.06. The van der Waals surface area contributed by atoms with Gasteiger partial charge < -0.3 is 5.73 Å². The van der Waals surface area contributed by atoms with Crippen molar-refractivity contribution in [3.63, 3.8) is 0 Å². The minimum atomic E-state index is -0.499. The first-order chi connectivity index (χ1) is 6.66. The second-order valence-corrected chi connectivity index (χ2v) is 2.97. The summed E-state index contributed by atoms with van der Waals surface area (Å²) in [6.45, 7) is 0. The number of rotatable bonds is 0. The summed E-state index contributed by atoms with van der Waals surface area (Å²) >= 11 is 0. The zero-order valence-electron chi connectivity index (χ0n) is 7.22. The highest BCUT2D eigenvalue weighted by atomic mass is 19.1. The molecule has 0 unspecified atom stereocenters. The van der Waals surface area contributed by atoms with Crippen LogP contribution in [0.4, 0.5) is 14.5 Å². The number of benzene rings is 1. The van der Waals surface area contributed by atoms with Crippen LogP contribution in [0.5, 0.6) is 0 Å². The quantitative estimate of drug-likeness (QED) is 0.495. The molecule has 1 aromatic carbocycles. The summed E-state index contributed by atoms with van der Waals surface area (Å²) in [6, 6.07) is 2.50. The van der Waals surface area contributed by atoms with Crippen LogP contribution in [0.2, 0.25) is 0 Å². The van der Waals surface area contributed by atoms with Crippen molar-refractivity contribution < 1.29 is 8.78 Å². The highest BCUT2D eigenvalue weighted by molar-refractivity contribution is 5.76. The molecule has 2 N–H and O–H groups in total. The lowest BCUT2D eigenvalue weighted by Crippen LogP contribution is -1.93. The van der Waals surface area contributed by atoms with Crippen LogP contribution >= 0.6 is 0 Å². The van der Waals surface area contributed by atoms with Crippen LogP contribution in [-0.2, 0) is 0 Å². The van der Waals surface area contributed by atoms with Gasteiger partial charge in [-0.25, -0.2) is 4.39 Å². The van der Waals surface area contributed by atoms with Crippen molar-refractivity contribution in [2.24, 2.45) is 0 Å². The Balaban J connectivity index is 2.71. The number of halogens is 2. The van der Waals surface area contributed by atoms with Crippen molar-refractivity contribution in [2.45, 2.75) is 0 Å². The van der Waals surface area contributed by atoms with Crippen molar-refractivity contribution in [3.8, 4) is 0 Å². The molecule has 0 spiro atoms. The molecule has 70 valence electrons. The SMILES string of the molecule is Nc1cc(F)cc2c1C=CC(F)=C=C2. The number of hydrogen-bond donors (Lipinski definition) is 1. The molecule has 1 aromatic rings. The van der Waals surface area contributed by atoms with Crippen LogP contribution < -0.4 is 5.73 Å². The molecule has 14 heavy (non-hydrogen) atoms. The van der Waals surface area contributed by atoms with Gasteiger partial charge in [0.25, 0.3) is 0 Å². The first-order valence-electron chi connectivity index (χ1n) is 4.06. The minimum absolute atomic E-state index is 0.295. The Labute approximate surface area is 79.9 Å². The molecule has 0 amide bonds. The Kier molecular flexibility index (Phi) is 1.95. The van der Waals surface area contributed by atoms with Gasteiger partial charge in [0.05, 0.1) is 0 Å². The van der Waals surface area contributed by atoms with Crippen LogP contribution in [0.25, 0.3) is 12.2 Å². The Bertz CT molecular complexity index is 480. The van der Waals surface area contributed by atoms with E-state index in [0.717, 1.165) is 0 Å². The van der Waals surface area contributed by atoms with E-state index in [1.54, 1.807) is 0 Å². The van der Waals surface area contributed by atoms with Crippen molar-refractivity contribution in [3.05, 3.63) is 46.7 Å². The third kappa shape index (κ3) is 1.45. The number of hydrogen-bond acceptors (Lipinski definition) is 1. The molecule has 0 saturated carbocycles. The number of fused-ring (bicyclic) bond motifs is 1. The summed E-state index contributed by atoms with van der Waals surface area (Å²) in [5.74, 6) is -0.934. The van der Waals surface area contributed by atoms with E-state index in [9.17, 15) is 8.78 Å². The predicted octanol–water partition coefficient (Wildman–Crippen LogP) is 2.90. The van der Waals surface area contributed by atoms with Gasteiger partial charge in [0, 0.05) is 11.3 Å². The molecule has 1 aliphatic carbocycles. The maximum absolute atomic E-state index is 12.9. The lowest BCUT2D eigenvalue weighted by atomic mass is 10.1. The van der Waals surface area contributed by atoms with Gasteiger partial charge in [0.15, 0.2) is 5.83 Å². The molecule has 0 saturated heterocycles. The average Bonchev–Trinajstić information content (AvgIpc) is 2.28. The monoisotopic (exact) mass is 191 g/mol. The molecule has 0 aromatic heterocycles. The molecular formula is C11H7F2N. The molecule has 0 bridgehead atoms. The van der Waals surface area contributed by atoms with Crippen molar-refractivity contribution in [2.75, 3.05) is 5.73 Å². The molecule has 0 atom stereocenters. The molecule has 0 fully saturated rings. The molecular weight excluding hydrogens is 184 g/mol. The number of allylic oxidation sites excluding steroid dienone is 2. The molecule has 2 rings (SSSR count). The standard InChI is InChI=1S/C11H7F2N/c12-8-2-1-7-5-9(13)6-11(14)10(7)4-3-8/h1,3-6H,14H2. The lowest BCUT2D eigenvalue weighted by molar-refractivity contribution is 0.628. The Morgan fingerprint density at radius 2 is 1.93 bits per heavy atom. The minimum Gasteiger partial charge on any atom is -0.398 e. The molecule has 0 aliphatic heterocycles. The fraction of sp³-hybridized carbons (Fsp3) is 0. The van der Waals surface area contributed by atoms with Gasteiger partial charge in [-0.15, -0.1) is 0 Å². The summed E-state index contributed by atoms with van der Waals surface area (Å²) in [5, 5.41) is 0. The van der Waals surface area contributed by atoms with E-state index in [4.69, 9.17) is 5.73 Å². The molecule has 0 heterocycles. The first-order valence-corrected chi connectivity index (χ1v) is 4.06. The van der Waals surface area contributed by atoms with Gasteiger partial charge in [-0.1, -0.05) is 5.73 Å². The fourth-order valence-electron chi connectivity index (χ4n) is 1.32. The topological polar surface area (TPSA) is 26.0 Å². The third-order valence-electron chi connectivity index (χ3n) is 1.97. The normalized spacial score (nSPS) is 13.4. The maximum Gasteiger partial charge on any atom is 0.165 e. The molecule has 1 aliphatic rings. The fourth-order valence-corrected chi connectivity index (χ4v) is 1.32. The zero-order valence-corrected chi connectivity index (χ0v) is 7.22. The number of anilines is 1. The van der Waals surface area contributed by atoms with Crippen LogP contribution in [0, 0.1) is 5.82 Å². The van der Waals surface area contributed by atoms with Gasteiger partial charge in [-0.2, -0.15) is 4.39 Å². The van der Waals surface area contributed by atoms with E-state index in [2.05, 4.69) is 5.73 Å². The molecule has 0 radical (unpaired) electrons. The van der Waals surface area contributed by atoms with Gasteiger partial charge in [0.2, 0.25) is 0 Å². The Morgan fingerprint density at radius 1 is 1.14 bits per heavy atom. The molecule has 1 nitrogen and oxygen atoms in total. The van der Waals surface area contributed by atoms with Crippen LogP contribution in [0.15, 0.2) is 29.8 Å². The van der Waals surface area contributed by atoms with Gasteiger partial charge in [-0.3, -0.25) is 0 Å². The zero-order chi connectivity index (χ0) is 10.1. The van der Waals surface area contributed by atoms with Crippen LogP contribution in [0.1, 0.15) is 11.1 Å². The summed E-state index contributed by atoms with van der Waals surface area (Å²) in [7, 11) is 0. The second kappa shape index (κ2) is 3.13. The van der Waals surface area contributed by atoms with Gasteiger partial charge in [0.1, 0.15) is 5.82 Å². The summed E-state index contributed by atoms with van der Waals surface area (Å²) < 4.78 is 25.7. The Hall–Kier alpha value is -1.86. The van der Waals surface area contributed by atoms with E-state index in [1.165, 1.54) is 30.4 Å². The first kappa shape index (κ1) is 8.73. The van der Waals surface area contributed by atoms with Crippen molar-refractivity contribution in [1.29, 1.82) is 0 Å². The van der Waals surface area contributed by atoms with Crippen LogP contribution in [-0.4, -0.2) is 0 Å². The number of nitrogen functional groups attached to an aromatic ring is 1. The summed E-state index contributed by atoms with van der Waals surface area (Å²) in [6.07, 6.45) is 4.14. The van der Waals surface area contributed by atoms with Crippen molar-refractivity contribution >= 4 is 17.8 Å². The summed E-state index contributed by atoms with van der Waals surface area (Å²) in [5.41, 5.74) is 9.40.